The lowest BCUT2D eigenvalue weighted by Crippen LogP contribution is -2.22. The molecule has 0 aromatic heterocycles. The van der Waals surface area contributed by atoms with E-state index in [1.54, 1.807) is 13.0 Å². The second-order valence-corrected chi connectivity index (χ2v) is 4.40. The van der Waals surface area contributed by atoms with Crippen LogP contribution in [-0.2, 0) is 4.79 Å². The van der Waals surface area contributed by atoms with Crippen LogP contribution in [0.25, 0.3) is 0 Å². The molecule has 3 nitrogen and oxygen atoms in total. The summed E-state index contributed by atoms with van der Waals surface area (Å²) in [6.07, 6.45) is 0. The number of aryl methyl sites for hydroxylation is 1. The highest BCUT2D eigenvalue weighted by atomic mass is 19.1. The third kappa shape index (κ3) is 2.93. The Morgan fingerprint density at radius 2 is 1.90 bits per heavy atom. The molecule has 0 bridgehead atoms. The third-order valence-corrected chi connectivity index (χ3v) is 2.96. The number of aliphatic carboxylic acids is 1. The number of anilines is 1. The van der Waals surface area contributed by atoms with Crippen LogP contribution in [0, 0.1) is 18.6 Å². The van der Waals surface area contributed by atoms with E-state index >= 15 is 0 Å². The van der Waals surface area contributed by atoms with Gasteiger partial charge in [-0.2, -0.15) is 0 Å². The molecule has 0 radical (unpaired) electrons. The van der Waals surface area contributed by atoms with Gasteiger partial charge in [-0.1, -0.05) is 18.2 Å². The van der Waals surface area contributed by atoms with Crippen molar-refractivity contribution >= 4 is 11.7 Å². The minimum Gasteiger partial charge on any atom is -0.479 e. The number of carbonyl (C=O) groups is 1. The first-order valence-electron chi connectivity index (χ1n) is 5.99. The number of carboxylic acid groups (broad SMARTS) is 1. The van der Waals surface area contributed by atoms with Gasteiger partial charge in [0.25, 0.3) is 0 Å². The van der Waals surface area contributed by atoms with E-state index < -0.39 is 23.6 Å². The zero-order chi connectivity index (χ0) is 14.7. The number of benzene rings is 2. The van der Waals surface area contributed by atoms with Crippen LogP contribution in [0.5, 0.6) is 0 Å². The van der Waals surface area contributed by atoms with Crippen molar-refractivity contribution in [2.24, 2.45) is 0 Å². The number of hydrogen-bond acceptors (Lipinski definition) is 2. The molecule has 0 fully saturated rings. The highest BCUT2D eigenvalue weighted by molar-refractivity contribution is 5.79. The van der Waals surface area contributed by atoms with Gasteiger partial charge in [0.15, 0.2) is 6.04 Å². The van der Waals surface area contributed by atoms with Crippen LogP contribution in [0.4, 0.5) is 14.5 Å². The second kappa shape index (κ2) is 5.69. The maximum Gasteiger partial charge on any atom is 0.330 e. The molecule has 2 aromatic carbocycles. The van der Waals surface area contributed by atoms with Crippen LogP contribution >= 0.6 is 0 Å². The summed E-state index contributed by atoms with van der Waals surface area (Å²) >= 11 is 0. The Bertz CT molecular complexity index is 644. The molecule has 0 aliphatic carbocycles. The van der Waals surface area contributed by atoms with Crippen LogP contribution < -0.4 is 5.32 Å². The second-order valence-electron chi connectivity index (χ2n) is 4.40. The molecular weight excluding hydrogens is 264 g/mol. The standard InChI is InChI=1S/C15H13F2NO2/c1-9-8-10(16)6-7-11(9)14(15(19)20)18-13-5-3-2-4-12(13)17/h2-8,14,18H,1H3,(H,19,20). The van der Waals surface area contributed by atoms with Crippen molar-refractivity contribution in [3.8, 4) is 0 Å². The van der Waals surface area contributed by atoms with Crippen molar-refractivity contribution in [3.05, 3.63) is 65.2 Å². The summed E-state index contributed by atoms with van der Waals surface area (Å²) in [6.45, 7) is 1.61. The number of halogens is 2. The van der Waals surface area contributed by atoms with Crippen molar-refractivity contribution in [1.29, 1.82) is 0 Å². The molecule has 2 N–H and O–H groups in total. The molecule has 0 aliphatic rings. The molecule has 2 aromatic rings. The lowest BCUT2D eigenvalue weighted by Gasteiger charge is -2.18. The Morgan fingerprint density at radius 1 is 1.20 bits per heavy atom. The average molecular weight is 277 g/mol. The SMILES string of the molecule is Cc1cc(F)ccc1C(Nc1ccccc1F)C(=O)O. The topological polar surface area (TPSA) is 49.3 Å². The van der Waals surface area contributed by atoms with Gasteiger partial charge in [-0.25, -0.2) is 13.6 Å². The van der Waals surface area contributed by atoms with Gasteiger partial charge in [-0.05, 0) is 42.3 Å². The van der Waals surface area contributed by atoms with E-state index in [1.807, 2.05) is 0 Å². The van der Waals surface area contributed by atoms with Crippen LogP contribution in [0.15, 0.2) is 42.5 Å². The van der Waals surface area contributed by atoms with Crippen molar-refractivity contribution < 1.29 is 18.7 Å². The number of para-hydroxylation sites is 1. The summed E-state index contributed by atoms with van der Waals surface area (Å²) in [5.74, 6) is -2.15. The molecule has 104 valence electrons. The fraction of sp³-hybridized carbons (Fsp3) is 0.133. The lowest BCUT2D eigenvalue weighted by molar-refractivity contribution is -0.138. The molecule has 0 saturated carbocycles. The molecule has 1 unspecified atom stereocenters. The summed E-state index contributed by atoms with van der Waals surface area (Å²) in [4.78, 5) is 11.4. The molecule has 0 spiro atoms. The van der Waals surface area contributed by atoms with E-state index in [9.17, 15) is 18.7 Å². The summed E-state index contributed by atoms with van der Waals surface area (Å²) in [7, 11) is 0. The summed E-state index contributed by atoms with van der Waals surface area (Å²) in [5.41, 5.74) is 0.965. The van der Waals surface area contributed by atoms with Crippen molar-refractivity contribution in [1.82, 2.24) is 0 Å². The summed E-state index contributed by atoms with van der Waals surface area (Å²) in [6, 6.07) is 8.46. The molecule has 20 heavy (non-hydrogen) atoms. The number of rotatable bonds is 4. The largest absolute Gasteiger partial charge is 0.479 e. The minimum absolute atomic E-state index is 0.0867. The molecular formula is C15H13F2NO2. The number of carboxylic acids is 1. The molecule has 0 amide bonds. The fourth-order valence-corrected chi connectivity index (χ4v) is 1.97. The van der Waals surface area contributed by atoms with Gasteiger partial charge in [0.1, 0.15) is 11.6 Å². The van der Waals surface area contributed by atoms with Crippen LogP contribution in [0.1, 0.15) is 17.2 Å². The smallest absolute Gasteiger partial charge is 0.330 e. The Morgan fingerprint density at radius 3 is 2.50 bits per heavy atom. The molecule has 1 atom stereocenters. The van der Waals surface area contributed by atoms with E-state index in [1.165, 1.54) is 36.4 Å². The predicted molar refractivity (Wildman–Crippen MR) is 71.5 cm³/mol. The van der Waals surface area contributed by atoms with Gasteiger partial charge in [0.2, 0.25) is 0 Å². The van der Waals surface area contributed by atoms with E-state index in [4.69, 9.17) is 0 Å². The monoisotopic (exact) mass is 277 g/mol. The van der Waals surface area contributed by atoms with Gasteiger partial charge in [0.05, 0.1) is 5.69 Å². The van der Waals surface area contributed by atoms with E-state index in [0.717, 1.165) is 0 Å². The molecule has 0 saturated heterocycles. The molecule has 0 heterocycles. The Balaban J connectivity index is 2.37. The highest BCUT2D eigenvalue weighted by Crippen LogP contribution is 2.25. The number of hydrogen-bond donors (Lipinski definition) is 2. The Labute approximate surface area is 114 Å². The third-order valence-electron chi connectivity index (χ3n) is 2.96. The number of nitrogens with one attached hydrogen (secondary N) is 1. The van der Waals surface area contributed by atoms with Crippen LogP contribution in [0.3, 0.4) is 0 Å². The summed E-state index contributed by atoms with van der Waals surface area (Å²) in [5, 5.41) is 11.9. The quantitative estimate of drug-likeness (QED) is 0.899. The maximum atomic E-state index is 13.6. The fourth-order valence-electron chi connectivity index (χ4n) is 1.97. The van der Waals surface area contributed by atoms with E-state index in [-0.39, 0.29) is 5.69 Å². The first-order valence-corrected chi connectivity index (χ1v) is 5.99. The minimum atomic E-state index is -1.16. The van der Waals surface area contributed by atoms with Gasteiger partial charge in [0, 0.05) is 0 Å². The van der Waals surface area contributed by atoms with Gasteiger partial charge in [-0.3, -0.25) is 0 Å². The van der Waals surface area contributed by atoms with Gasteiger partial charge in [-0.15, -0.1) is 0 Å². The maximum absolute atomic E-state index is 13.6. The lowest BCUT2D eigenvalue weighted by atomic mass is 10.0. The van der Waals surface area contributed by atoms with Crippen LogP contribution in [-0.4, -0.2) is 11.1 Å². The molecule has 0 aliphatic heterocycles. The highest BCUT2D eigenvalue weighted by Gasteiger charge is 2.22. The van der Waals surface area contributed by atoms with Gasteiger partial charge < -0.3 is 10.4 Å². The average Bonchev–Trinajstić information content (AvgIpc) is 2.38. The van der Waals surface area contributed by atoms with Gasteiger partial charge >= 0.3 is 5.97 Å². The van der Waals surface area contributed by atoms with Crippen LogP contribution in [0.2, 0.25) is 0 Å². The molecule has 2 rings (SSSR count). The first kappa shape index (κ1) is 14.0. The zero-order valence-electron chi connectivity index (χ0n) is 10.7. The first-order chi connectivity index (χ1) is 9.49. The predicted octanol–water partition coefficient (Wildman–Crippen LogP) is 3.51. The van der Waals surface area contributed by atoms with Crippen molar-refractivity contribution in [2.45, 2.75) is 13.0 Å². The van der Waals surface area contributed by atoms with E-state index in [0.29, 0.717) is 11.1 Å². The Hall–Kier alpha value is -2.43. The molecule has 5 heteroatoms. The normalized spacial score (nSPS) is 11.9. The summed E-state index contributed by atoms with van der Waals surface area (Å²) < 4.78 is 26.7. The van der Waals surface area contributed by atoms with Crippen molar-refractivity contribution in [2.75, 3.05) is 5.32 Å². The van der Waals surface area contributed by atoms with Crippen molar-refractivity contribution in [3.63, 3.8) is 0 Å². The Kier molecular flexibility index (Phi) is 3.98. The van der Waals surface area contributed by atoms with E-state index in [2.05, 4.69) is 5.32 Å². The zero-order valence-corrected chi connectivity index (χ0v) is 10.7.